The van der Waals surface area contributed by atoms with E-state index in [0.717, 1.165) is 29.5 Å². The highest BCUT2D eigenvalue weighted by Crippen LogP contribution is 2.25. The van der Waals surface area contributed by atoms with Crippen molar-refractivity contribution in [1.82, 2.24) is 4.57 Å². The summed E-state index contributed by atoms with van der Waals surface area (Å²) in [6, 6.07) is 7.82. The number of nitrogens with one attached hydrogen (secondary N) is 2. The van der Waals surface area contributed by atoms with Gasteiger partial charge in [-0.15, -0.1) is 0 Å². The van der Waals surface area contributed by atoms with Crippen molar-refractivity contribution in [2.24, 2.45) is 5.92 Å². The molecule has 0 bridgehead atoms. The molecule has 5 nitrogen and oxygen atoms in total. The van der Waals surface area contributed by atoms with Crippen LogP contribution >= 0.6 is 11.3 Å². The fraction of sp³-hybridized carbons (Fsp3) is 0.474. The van der Waals surface area contributed by atoms with Crippen LogP contribution in [0.1, 0.15) is 37.8 Å². The molecule has 0 saturated heterocycles. The lowest BCUT2D eigenvalue weighted by Gasteiger charge is -2.12. The van der Waals surface area contributed by atoms with Crippen LogP contribution in [0, 0.1) is 12.8 Å². The molecule has 0 atom stereocenters. The molecule has 1 saturated carbocycles. The highest BCUT2D eigenvalue weighted by atomic mass is 32.1. The van der Waals surface area contributed by atoms with Crippen LogP contribution < -0.4 is 15.5 Å². The Balaban J connectivity index is 1.45. The third kappa shape index (κ3) is 4.95. The van der Waals surface area contributed by atoms with Crippen LogP contribution in [-0.2, 0) is 11.3 Å². The van der Waals surface area contributed by atoms with E-state index in [4.69, 9.17) is 0 Å². The average Bonchev–Trinajstić information content (AvgIpc) is 3.23. The van der Waals surface area contributed by atoms with Gasteiger partial charge >= 0.3 is 4.87 Å². The van der Waals surface area contributed by atoms with Crippen LogP contribution in [0.2, 0.25) is 0 Å². The molecule has 1 aliphatic carbocycles. The number of nitrogens with zero attached hydrogens (tertiary/aromatic N) is 1. The molecule has 1 fully saturated rings. The number of hydrogen-bond acceptors (Lipinski definition) is 4. The summed E-state index contributed by atoms with van der Waals surface area (Å²) in [7, 11) is 0. The Kier molecular flexibility index (Phi) is 5.91. The molecule has 3 rings (SSSR count). The van der Waals surface area contributed by atoms with E-state index < -0.39 is 0 Å². The monoisotopic (exact) mass is 359 g/mol. The van der Waals surface area contributed by atoms with E-state index in [2.05, 4.69) is 10.6 Å². The zero-order valence-electron chi connectivity index (χ0n) is 14.6. The van der Waals surface area contributed by atoms with Gasteiger partial charge in [-0.1, -0.05) is 24.2 Å². The summed E-state index contributed by atoms with van der Waals surface area (Å²) in [4.78, 5) is 23.7. The van der Waals surface area contributed by atoms with Crippen molar-refractivity contribution in [2.45, 2.75) is 45.6 Å². The van der Waals surface area contributed by atoms with Crippen LogP contribution in [0.25, 0.3) is 0 Å². The molecule has 0 spiro atoms. The van der Waals surface area contributed by atoms with E-state index in [0.29, 0.717) is 13.0 Å². The van der Waals surface area contributed by atoms with Gasteiger partial charge in [0.2, 0.25) is 5.91 Å². The zero-order chi connectivity index (χ0) is 17.6. The fourth-order valence-electron chi connectivity index (χ4n) is 3.26. The van der Waals surface area contributed by atoms with Gasteiger partial charge in [0.05, 0.1) is 0 Å². The highest BCUT2D eigenvalue weighted by Gasteiger charge is 2.14. The molecule has 0 radical (unpaired) electrons. The Morgan fingerprint density at radius 3 is 2.52 bits per heavy atom. The number of aromatic nitrogens is 1. The number of amides is 1. The minimum absolute atomic E-state index is 0.0111. The summed E-state index contributed by atoms with van der Waals surface area (Å²) in [5.41, 5.74) is 2.77. The average molecular weight is 359 g/mol. The normalized spacial score (nSPS) is 14.6. The molecule has 1 aromatic carbocycles. The molecule has 1 heterocycles. The van der Waals surface area contributed by atoms with Crippen molar-refractivity contribution < 1.29 is 4.79 Å². The maximum absolute atomic E-state index is 12.1. The second-order valence-electron chi connectivity index (χ2n) is 6.70. The Hall–Kier alpha value is -2.08. The Morgan fingerprint density at radius 1 is 1.20 bits per heavy atom. The van der Waals surface area contributed by atoms with E-state index in [1.807, 2.05) is 36.6 Å². The Morgan fingerprint density at radius 2 is 1.88 bits per heavy atom. The molecule has 2 aromatic rings. The topological polar surface area (TPSA) is 63.1 Å². The molecule has 25 heavy (non-hydrogen) atoms. The number of anilines is 2. The van der Waals surface area contributed by atoms with Gasteiger partial charge in [-0.25, -0.2) is 0 Å². The number of thiazole rings is 1. The maximum atomic E-state index is 12.1. The summed E-state index contributed by atoms with van der Waals surface area (Å²) >= 11 is 1.17. The predicted octanol–water partition coefficient (Wildman–Crippen LogP) is 3.85. The molecule has 2 N–H and O–H groups in total. The number of hydrogen-bond donors (Lipinski definition) is 2. The molecule has 0 aliphatic heterocycles. The lowest BCUT2D eigenvalue weighted by molar-refractivity contribution is -0.116. The number of carbonyl (C=O) groups is 1. The Bertz CT molecular complexity index is 758. The van der Waals surface area contributed by atoms with Crippen LogP contribution in [0.3, 0.4) is 0 Å². The van der Waals surface area contributed by atoms with Gasteiger partial charge in [0, 0.05) is 42.0 Å². The lowest BCUT2D eigenvalue weighted by atomic mass is 10.1. The van der Waals surface area contributed by atoms with E-state index in [1.54, 1.807) is 4.57 Å². The van der Waals surface area contributed by atoms with E-state index in [1.165, 1.54) is 37.0 Å². The third-order valence-corrected chi connectivity index (χ3v) is 5.66. The van der Waals surface area contributed by atoms with E-state index in [9.17, 15) is 9.59 Å². The van der Waals surface area contributed by atoms with Crippen molar-refractivity contribution in [3.8, 4) is 0 Å². The first-order chi connectivity index (χ1) is 12.1. The molecule has 0 unspecified atom stereocenters. The molecular weight excluding hydrogens is 334 g/mol. The summed E-state index contributed by atoms with van der Waals surface area (Å²) in [6.07, 6.45) is 5.66. The number of aryl methyl sites for hydroxylation is 1. The zero-order valence-corrected chi connectivity index (χ0v) is 15.4. The van der Waals surface area contributed by atoms with Crippen molar-refractivity contribution in [3.05, 3.63) is 45.0 Å². The molecule has 1 amide bonds. The maximum Gasteiger partial charge on any atom is 0.307 e. The summed E-state index contributed by atoms with van der Waals surface area (Å²) in [5, 5.41) is 8.18. The molecule has 134 valence electrons. The van der Waals surface area contributed by atoms with Gasteiger partial charge in [0.1, 0.15) is 0 Å². The molecule has 1 aliphatic rings. The van der Waals surface area contributed by atoms with Crippen molar-refractivity contribution in [1.29, 1.82) is 0 Å². The van der Waals surface area contributed by atoms with Crippen LogP contribution in [-0.4, -0.2) is 17.0 Å². The van der Waals surface area contributed by atoms with E-state index >= 15 is 0 Å². The highest BCUT2D eigenvalue weighted by molar-refractivity contribution is 7.07. The first kappa shape index (κ1) is 17.7. The second-order valence-corrected chi connectivity index (χ2v) is 7.52. The van der Waals surface area contributed by atoms with Crippen molar-refractivity contribution >= 4 is 28.6 Å². The van der Waals surface area contributed by atoms with Crippen molar-refractivity contribution in [2.75, 3.05) is 17.2 Å². The molecular formula is C19H25N3O2S. The first-order valence-electron chi connectivity index (χ1n) is 8.90. The number of rotatable bonds is 7. The van der Waals surface area contributed by atoms with Gasteiger partial charge in [-0.05, 0) is 49.9 Å². The standard InChI is InChI=1S/C19H25N3O2S/c1-14-13-25-19(24)22(14)11-10-18(23)21-17-8-6-16(7-9-17)20-12-15-4-2-3-5-15/h6-9,13,15,20H,2-5,10-12H2,1H3,(H,21,23). The van der Waals surface area contributed by atoms with Gasteiger partial charge < -0.3 is 15.2 Å². The van der Waals surface area contributed by atoms with Crippen LogP contribution in [0.15, 0.2) is 34.4 Å². The van der Waals surface area contributed by atoms with Gasteiger partial charge in [-0.3, -0.25) is 9.59 Å². The van der Waals surface area contributed by atoms with Crippen molar-refractivity contribution in [3.63, 3.8) is 0 Å². The Labute approximate surface area is 152 Å². The van der Waals surface area contributed by atoms with Gasteiger partial charge in [-0.2, -0.15) is 0 Å². The van der Waals surface area contributed by atoms with Gasteiger partial charge in [0.15, 0.2) is 0 Å². The summed E-state index contributed by atoms with van der Waals surface area (Å²) < 4.78 is 1.64. The molecule has 1 aromatic heterocycles. The summed E-state index contributed by atoms with van der Waals surface area (Å²) in [5.74, 6) is 0.715. The second kappa shape index (κ2) is 8.34. The quantitative estimate of drug-likeness (QED) is 0.789. The van der Waals surface area contributed by atoms with Crippen LogP contribution in [0.5, 0.6) is 0 Å². The minimum atomic E-state index is -0.0795. The largest absolute Gasteiger partial charge is 0.385 e. The van der Waals surface area contributed by atoms with E-state index in [-0.39, 0.29) is 10.8 Å². The van der Waals surface area contributed by atoms with Crippen LogP contribution in [0.4, 0.5) is 11.4 Å². The SMILES string of the molecule is Cc1csc(=O)n1CCC(=O)Nc1ccc(NCC2CCCC2)cc1. The number of carbonyl (C=O) groups excluding carboxylic acids is 1. The van der Waals surface area contributed by atoms with Gasteiger partial charge in [0.25, 0.3) is 0 Å². The fourth-order valence-corrected chi connectivity index (χ4v) is 4.02. The minimum Gasteiger partial charge on any atom is -0.385 e. The smallest absolute Gasteiger partial charge is 0.307 e. The number of benzene rings is 1. The summed E-state index contributed by atoms with van der Waals surface area (Å²) in [6.45, 7) is 3.33. The third-order valence-electron chi connectivity index (χ3n) is 4.78. The molecule has 6 heteroatoms. The lowest BCUT2D eigenvalue weighted by Crippen LogP contribution is -2.20. The predicted molar refractivity (Wildman–Crippen MR) is 103 cm³/mol. The first-order valence-corrected chi connectivity index (χ1v) is 9.78.